The molecule has 0 fully saturated rings. The summed E-state index contributed by atoms with van der Waals surface area (Å²) in [5.41, 5.74) is 2.18. The zero-order valence-corrected chi connectivity index (χ0v) is 13.4. The van der Waals surface area contributed by atoms with Crippen molar-refractivity contribution in [3.8, 4) is 0 Å². The van der Waals surface area contributed by atoms with Crippen LogP contribution in [0.4, 0.5) is 0 Å². The molecule has 1 N–H and O–H groups in total. The molecule has 0 amide bonds. The zero-order chi connectivity index (χ0) is 13.1. The minimum Gasteiger partial charge on any atom is -0.304 e. The van der Waals surface area contributed by atoms with E-state index in [1.165, 1.54) is 0 Å². The topological polar surface area (TPSA) is 24.9 Å². The summed E-state index contributed by atoms with van der Waals surface area (Å²) in [7, 11) is 0. The van der Waals surface area contributed by atoms with Crippen LogP contribution < -0.4 is 5.32 Å². The van der Waals surface area contributed by atoms with Crippen molar-refractivity contribution in [2.24, 2.45) is 0 Å². The van der Waals surface area contributed by atoms with Crippen LogP contribution in [0.5, 0.6) is 0 Å². The molecule has 1 unspecified atom stereocenters. The van der Waals surface area contributed by atoms with E-state index in [-0.39, 0.29) is 6.04 Å². The lowest BCUT2D eigenvalue weighted by Gasteiger charge is -2.15. The van der Waals surface area contributed by atoms with Crippen LogP contribution in [-0.4, -0.2) is 4.98 Å². The van der Waals surface area contributed by atoms with Crippen LogP contribution in [0.2, 0.25) is 5.02 Å². The van der Waals surface area contributed by atoms with Crippen molar-refractivity contribution in [2.75, 3.05) is 0 Å². The monoisotopic (exact) mass is 344 g/mol. The lowest BCUT2D eigenvalue weighted by molar-refractivity contribution is 0.569. The lowest BCUT2D eigenvalue weighted by Crippen LogP contribution is -2.18. The van der Waals surface area contributed by atoms with Crippen molar-refractivity contribution >= 4 is 38.9 Å². The van der Waals surface area contributed by atoms with Gasteiger partial charge in [-0.1, -0.05) is 33.6 Å². The molecule has 1 heterocycles. The Labute approximate surface area is 125 Å². The average molecular weight is 346 g/mol. The molecule has 0 aliphatic carbocycles. The van der Waals surface area contributed by atoms with Crippen LogP contribution >= 0.6 is 38.9 Å². The first kappa shape index (κ1) is 14.0. The van der Waals surface area contributed by atoms with Crippen molar-refractivity contribution in [1.29, 1.82) is 0 Å². The number of rotatable bonds is 4. The Morgan fingerprint density at radius 3 is 2.89 bits per heavy atom. The fraction of sp³-hybridized carbons (Fsp3) is 0.308. The van der Waals surface area contributed by atoms with Crippen LogP contribution in [0.1, 0.15) is 29.2 Å². The SMILES string of the molecule is Cc1nc(CNC(C)c2ccc(Br)cc2Cl)cs1. The molecule has 0 saturated heterocycles. The average Bonchev–Trinajstić information content (AvgIpc) is 2.72. The van der Waals surface area contributed by atoms with E-state index in [1.54, 1.807) is 11.3 Å². The Bertz CT molecular complexity index is 542. The molecule has 0 spiro atoms. The van der Waals surface area contributed by atoms with Crippen molar-refractivity contribution in [2.45, 2.75) is 26.4 Å². The molecule has 0 bridgehead atoms. The van der Waals surface area contributed by atoms with Crippen LogP contribution in [0.3, 0.4) is 0 Å². The third kappa shape index (κ3) is 3.54. The van der Waals surface area contributed by atoms with E-state index < -0.39 is 0 Å². The van der Waals surface area contributed by atoms with Gasteiger partial charge in [-0.2, -0.15) is 0 Å². The highest BCUT2D eigenvalue weighted by Gasteiger charge is 2.10. The fourth-order valence-corrected chi connectivity index (χ4v) is 3.16. The van der Waals surface area contributed by atoms with Gasteiger partial charge >= 0.3 is 0 Å². The number of nitrogens with one attached hydrogen (secondary N) is 1. The van der Waals surface area contributed by atoms with E-state index in [9.17, 15) is 0 Å². The quantitative estimate of drug-likeness (QED) is 0.867. The van der Waals surface area contributed by atoms with E-state index in [0.717, 1.165) is 32.3 Å². The maximum atomic E-state index is 6.23. The van der Waals surface area contributed by atoms with Gasteiger partial charge in [0.25, 0.3) is 0 Å². The van der Waals surface area contributed by atoms with Crippen molar-refractivity contribution in [1.82, 2.24) is 10.3 Å². The van der Waals surface area contributed by atoms with Gasteiger partial charge in [-0.3, -0.25) is 0 Å². The maximum Gasteiger partial charge on any atom is 0.0897 e. The number of benzene rings is 1. The Morgan fingerprint density at radius 1 is 1.50 bits per heavy atom. The molecule has 96 valence electrons. The summed E-state index contributed by atoms with van der Waals surface area (Å²) in [4.78, 5) is 4.43. The molecule has 18 heavy (non-hydrogen) atoms. The summed E-state index contributed by atoms with van der Waals surface area (Å²) < 4.78 is 0.999. The van der Waals surface area contributed by atoms with E-state index in [0.29, 0.717) is 0 Å². The summed E-state index contributed by atoms with van der Waals surface area (Å²) in [6.45, 7) is 4.88. The number of aryl methyl sites for hydroxylation is 1. The van der Waals surface area contributed by atoms with Crippen molar-refractivity contribution in [3.05, 3.63) is 49.3 Å². The fourth-order valence-electron chi connectivity index (χ4n) is 1.71. The van der Waals surface area contributed by atoms with Gasteiger partial charge in [0.15, 0.2) is 0 Å². The maximum absolute atomic E-state index is 6.23. The molecule has 1 atom stereocenters. The molecule has 2 nitrogen and oxygen atoms in total. The number of thiazole rings is 1. The van der Waals surface area contributed by atoms with E-state index >= 15 is 0 Å². The Morgan fingerprint density at radius 2 is 2.28 bits per heavy atom. The van der Waals surface area contributed by atoms with Gasteiger partial charge < -0.3 is 5.32 Å². The minimum atomic E-state index is 0.201. The first-order chi connectivity index (χ1) is 8.56. The number of hydrogen-bond donors (Lipinski definition) is 1. The normalized spacial score (nSPS) is 12.7. The van der Waals surface area contributed by atoms with E-state index in [2.05, 4.69) is 38.5 Å². The van der Waals surface area contributed by atoms with Gasteiger partial charge in [-0.05, 0) is 31.5 Å². The number of hydrogen-bond acceptors (Lipinski definition) is 3. The van der Waals surface area contributed by atoms with Gasteiger partial charge in [-0.15, -0.1) is 11.3 Å². The van der Waals surface area contributed by atoms with Crippen molar-refractivity contribution in [3.63, 3.8) is 0 Å². The smallest absolute Gasteiger partial charge is 0.0897 e. The Balaban J connectivity index is 2.01. The molecule has 2 rings (SSSR count). The van der Waals surface area contributed by atoms with Gasteiger partial charge in [0.1, 0.15) is 0 Å². The second-order valence-electron chi connectivity index (χ2n) is 4.13. The molecule has 0 aliphatic heterocycles. The predicted octanol–water partition coefficient (Wildman–Crippen LogP) is 4.72. The first-order valence-corrected chi connectivity index (χ1v) is 7.70. The number of nitrogens with zero attached hydrogens (tertiary/aromatic N) is 1. The zero-order valence-electron chi connectivity index (χ0n) is 10.2. The summed E-state index contributed by atoms with van der Waals surface area (Å²) in [5.74, 6) is 0. The summed E-state index contributed by atoms with van der Waals surface area (Å²) >= 11 is 11.3. The third-order valence-electron chi connectivity index (χ3n) is 2.68. The number of aromatic nitrogens is 1. The summed E-state index contributed by atoms with van der Waals surface area (Å²) in [6.07, 6.45) is 0. The molecule has 0 radical (unpaired) electrons. The van der Waals surface area contributed by atoms with E-state index in [4.69, 9.17) is 11.6 Å². The Hall–Kier alpha value is -0.420. The molecule has 2 aromatic rings. The summed E-state index contributed by atoms with van der Waals surface area (Å²) in [6, 6.07) is 6.16. The van der Waals surface area contributed by atoms with Gasteiger partial charge in [0.05, 0.1) is 10.7 Å². The first-order valence-electron chi connectivity index (χ1n) is 5.65. The van der Waals surface area contributed by atoms with Gasteiger partial charge in [0, 0.05) is 27.5 Å². The van der Waals surface area contributed by atoms with Gasteiger partial charge in [0.2, 0.25) is 0 Å². The molecular weight excluding hydrogens is 332 g/mol. The minimum absolute atomic E-state index is 0.201. The highest BCUT2D eigenvalue weighted by Crippen LogP contribution is 2.26. The highest BCUT2D eigenvalue weighted by atomic mass is 79.9. The second kappa shape index (κ2) is 6.15. The van der Waals surface area contributed by atoms with Crippen LogP contribution in [0.15, 0.2) is 28.1 Å². The standard InChI is InChI=1S/C13H14BrClN2S/c1-8(12-4-3-10(14)5-13(12)15)16-6-11-7-18-9(2)17-11/h3-5,7-8,16H,6H2,1-2H3. The third-order valence-corrected chi connectivity index (χ3v) is 4.33. The van der Waals surface area contributed by atoms with Crippen molar-refractivity contribution < 1.29 is 0 Å². The molecule has 0 aliphatic rings. The van der Waals surface area contributed by atoms with E-state index in [1.807, 2.05) is 25.1 Å². The van der Waals surface area contributed by atoms with Crippen LogP contribution in [0, 0.1) is 6.92 Å². The lowest BCUT2D eigenvalue weighted by atomic mass is 10.1. The van der Waals surface area contributed by atoms with Crippen LogP contribution in [-0.2, 0) is 6.54 Å². The molecule has 1 aromatic carbocycles. The number of halogens is 2. The highest BCUT2D eigenvalue weighted by molar-refractivity contribution is 9.10. The molecule has 1 aromatic heterocycles. The largest absolute Gasteiger partial charge is 0.304 e. The molecular formula is C13H14BrClN2S. The van der Waals surface area contributed by atoms with Crippen LogP contribution in [0.25, 0.3) is 0 Å². The molecule has 0 saturated carbocycles. The second-order valence-corrected chi connectivity index (χ2v) is 6.51. The van der Waals surface area contributed by atoms with Gasteiger partial charge in [-0.25, -0.2) is 4.98 Å². The Kier molecular flexibility index (Phi) is 4.78. The predicted molar refractivity (Wildman–Crippen MR) is 81.3 cm³/mol. The summed E-state index contributed by atoms with van der Waals surface area (Å²) in [5, 5.41) is 7.39. The molecule has 5 heteroatoms.